The number of hydrogen-bond acceptors (Lipinski definition) is 2. The average molecular weight is 227 g/mol. The van der Waals surface area contributed by atoms with Crippen molar-refractivity contribution in [2.75, 3.05) is 0 Å². The first-order valence-electron chi connectivity index (χ1n) is 5.88. The van der Waals surface area contributed by atoms with Crippen molar-refractivity contribution in [3.05, 3.63) is 12.2 Å². The normalized spacial score (nSPS) is 13.1. The number of rotatable bonds is 5. The quantitative estimate of drug-likeness (QED) is 0.728. The first-order chi connectivity index (χ1) is 7.24. The van der Waals surface area contributed by atoms with Crippen molar-refractivity contribution < 1.29 is 9.53 Å². The number of carbonyl (C=O) groups is 1. The van der Waals surface area contributed by atoms with Gasteiger partial charge in [0, 0.05) is 6.04 Å². The van der Waals surface area contributed by atoms with Crippen molar-refractivity contribution in [2.45, 2.75) is 65.5 Å². The maximum absolute atomic E-state index is 11.5. The van der Waals surface area contributed by atoms with Gasteiger partial charge >= 0.3 is 6.09 Å². The third-order valence-corrected chi connectivity index (χ3v) is 2.13. The molecule has 0 spiro atoms. The van der Waals surface area contributed by atoms with Crippen LogP contribution in [-0.2, 0) is 4.74 Å². The molecule has 1 N–H and O–H groups in total. The Labute approximate surface area is 99.3 Å². The number of hydrogen-bond donors (Lipinski definition) is 1. The summed E-state index contributed by atoms with van der Waals surface area (Å²) >= 11 is 0. The largest absolute Gasteiger partial charge is 0.444 e. The molecule has 0 bridgehead atoms. The van der Waals surface area contributed by atoms with E-state index in [1.54, 1.807) is 0 Å². The van der Waals surface area contributed by atoms with Crippen LogP contribution in [0.4, 0.5) is 4.79 Å². The third-order valence-electron chi connectivity index (χ3n) is 2.13. The summed E-state index contributed by atoms with van der Waals surface area (Å²) in [4.78, 5) is 11.5. The van der Waals surface area contributed by atoms with Gasteiger partial charge in [0.25, 0.3) is 0 Å². The molecule has 1 atom stereocenters. The number of alkyl carbamates (subject to hydrolysis) is 1. The molecule has 0 aliphatic carbocycles. The van der Waals surface area contributed by atoms with E-state index in [4.69, 9.17) is 4.74 Å². The minimum Gasteiger partial charge on any atom is -0.444 e. The van der Waals surface area contributed by atoms with Crippen LogP contribution in [0, 0.1) is 0 Å². The molecule has 0 heterocycles. The topological polar surface area (TPSA) is 38.3 Å². The van der Waals surface area contributed by atoms with Crippen molar-refractivity contribution in [1.29, 1.82) is 0 Å². The van der Waals surface area contributed by atoms with Gasteiger partial charge in [-0.1, -0.05) is 12.5 Å². The maximum Gasteiger partial charge on any atom is 0.407 e. The first kappa shape index (κ1) is 15.0. The van der Waals surface area contributed by atoms with E-state index in [0.717, 1.165) is 24.8 Å². The van der Waals surface area contributed by atoms with E-state index in [-0.39, 0.29) is 12.1 Å². The van der Waals surface area contributed by atoms with Crippen LogP contribution in [0.15, 0.2) is 12.2 Å². The Hall–Kier alpha value is -0.990. The van der Waals surface area contributed by atoms with Crippen LogP contribution in [0.25, 0.3) is 0 Å². The van der Waals surface area contributed by atoms with Gasteiger partial charge in [-0.2, -0.15) is 0 Å². The molecule has 0 fully saturated rings. The SMILES string of the molecule is C=C(C)CCC(CC)NC(=O)OC(C)(C)C. The molecule has 3 nitrogen and oxygen atoms in total. The second kappa shape index (κ2) is 6.56. The number of nitrogens with one attached hydrogen (secondary N) is 1. The van der Waals surface area contributed by atoms with Gasteiger partial charge in [-0.25, -0.2) is 4.79 Å². The molecule has 0 rings (SSSR count). The molecule has 94 valence electrons. The standard InChI is InChI=1S/C13H25NO2/c1-7-11(9-8-10(2)3)14-12(15)16-13(4,5)6/h11H,2,7-9H2,1,3-6H3,(H,14,15). The lowest BCUT2D eigenvalue weighted by atomic mass is 10.1. The van der Waals surface area contributed by atoms with E-state index in [2.05, 4.69) is 18.8 Å². The minimum atomic E-state index is -0.434. The van der Waals surface area contributed by atoms with Gasteiger partial charge in [0.2, 0.25) is 0 Å². The molecule has 3 heteroatoms. The van der Waals surface area contributed by atoms with E-state index in [9.17, 15) is 4.79 Å². The van der Waals surface area contributed by atoms with Gasteiger partial charge in [0.15, 0.2) is 0 Å². The molecule has 0 saturated heterocycles. The molecular weight excluding hydrogens is 202 g/mol. The van der Waals surface area contributed by atoms with Gasteiger partial charge in [-0.3, -0.25) is 0 Å². The average Bonchev–Trinajstić information content (AvgIpc) is 2.08. The fourth-order valence-corrected chi connectivity index (χ4v) is 1.27. The summed E-state index contributed by atoms with van der Waals surface area (Å²) in [6.45, 7) is 13.5. The summed E-state index contributed by atoms with van der Waals surface area (Å²) in [5.74, 6) is 0. The molecule has 16 heavy (non-hydrogen) atoms. The Kier molecular flexibility index (Phi) is 6.16. The van der Waals surface area contributed by atoms with Crippen molar-refractivity contribution in [3.63, 3.8) is 0 Å². The highest BCUT2D eigenvalue weighted by Gasteiger charge is 2.18. The minimum absolute atomic E-state index is 0.173. The molecule has 1 amide bonds. The van der Waals surface area contributed by atoms with Crippen molar-refractivity contribution in [1.82, 2.24) is 5.32 Å². The Morgan fingerprint density at radius 2 is 2.00 bits per heavy atom. The highest BCUT2D eigenvalue weighted by molar-refractivity contribution is 5.68. The smallest absolute Gasteiger partial charge is 0.407 e. The molecule has 0 radical (unpaired) electrons. The summed E-state index contributed by atoms with van der Waals surface area (Å²) in [6.07, 6.45) is 2.44. The number of ether oxygens (including phenoxy) is 1. The zero-order valence-electron chi connectivity index (χ0n) is 11.2. The van der Waals surface area contributed by atoms with Crippen LogP contribution in [0.1, 0.15) is 53.9 Å². The summed E-state index contributed by atoms with van der Waals surface area (Å²) in [5.41, 5.74) is 0.709. The van der Waals surface area contributed by atoms with E-state index in [0.29, 0.717) is 0 Å². The Morgan fingerprint density at radius 3 is 2.38 bits per heavy atom. The van der Waals surface area contributed by atoms with Crippen LogP contribution >= 0.6 is 0 Å². The summed E-state index contributed by atoms with van der Waals surface area (Å²) in [6, 6.07) is 0.173. The Bertz CT molecular complexity index is 241. The second-order valence-corrected chi connectivity index (χ2v) is 5.25. The van der Waals surface area contributed by atoms with Gasteiger partial charge < -0.3 is 10.1 Å². The molecule has 0 aliphatic rings. The molecule has 0 aromatic rings. The zero-order chi connectivity index (χ0) is 12.8. The van der Waals surface area contributed by atoms with E-state index >= 15 is 0 Å². The molecule has 1 unspecified atom stereocenters. The Morgan fingerprint density at radius 1 is 1.44 bits per heavy atom. The molecule has 0 aromatic heterocycles. The van der Waals surface area contributed by atoms with Crippen LogP contribution in [0.2, 0.25) is 0 Å². The van der Waals surface area contributed by atoms with Crippen LogP contribution in [0.3, 0.4) is 0 Å². The summed E-state index contributed by atoms with van der Waals surface area (Å²) in [7, 11) is 0. The fourth-order valence-electron chi connectivity index (χ4n) is 1.27. The maximum atomic E-state index is 11.5. The van der Waals surface area contributed by atoms with E-state index in [1.165, 1.54) is 0 Å². The number of carbonyl (C=O) groups excluding carboxylic acids is 1. The summed E-state index contributed by atoms with van der Waals surface area (Å²) < 4.78 is 5.20. The van der Waals surface area contributed by atoms with Crippen molar-refractivity contribution >= 4 is 6.09 Å². The van der Waals surface area contributed by atoms with Crippen LogP contribution in [0.5, 0.6) is 0 Å². The first-order valence-corrected chi connectivity index (χ1v) is 5.88. The Balaban J connectivity index is 4.02. The molecular formula is C13H25NO2. The van der Waals surface area contributed by atoms with E-state index < -0.39 is 5.60 Å². The predicted octanol–water partition coefficient (Wildman–Crippen LogP) is 3.65. The molecule has 0 aliphatic heterocycles. The monoisotopic (exact) mass is 227 g/mol. The highest BCUT2D eigenvalue weighted by atomic mass is 16.6. The van der Waals surface area contributed by atoms with Gasteiger partial charge in [-0.05, 0) is 47.0 Å². The van der Waals surface area contributed by atoms with E-state index in [1.807, 2.05) is 27.7 Å². The lowest BCUT2D eigenvalue weighted by Gasteiger charge is -2.23. The fraction of sp³-hybridized carbons (Fsp3) is 0.769. The lowest BCUT2D eigenvalue weighted by Crippen LogP contribution is -2.38. The van der Waals surface area contributed by atoms with Gasteiger partial charge in [-0.15, -0.1) is 6.58 Å². The van der Waals surface area contributed by atoms with Crippen LogP contribution in [-0.4, -0.2) is 17.7 Å². The lowest BCUT2D eigenvalue weighted by molar-refractivity contribution is 0.0500. The van der Waals surface area contributed by atoms with Crippen molar-refractivity contribution in [2.24, 2.45) is 0 Å². The number of allylic oxidation sites excluding steroid dienone is 1. The van der Waals surface area contributed by atoms with Crippen LogP contribution < -0.4 is 5.32 Å². The molecule has 0 saturated carbocycles. The predicted molar refractivity (Wildman–Crippen MR) is 67.5 cm³/mol. The number of amides is 1. The highest BCUT2D eigenvalue weighted by Crippen LogP contribution is 2.10. The van der Waals surface area contributed by atoms with Gasteiger partial charge in [0.05, 0.1) is 0 Å². The molecule has 0 aromatic carbocycles. The second-order valence-electron chi connectivity index (χ2n) is 5.25. The van der Waals surface area contributed by atoms with Crippen molar-refractivity contribution in [3.8, 4) is 0 Å². The zero-order valence-corrected chi connectivity index (χ0v) is 11.2. The van der Waals surface area contributed by atoms with Gasteiger partial charge in [0.1, 0.15) is 5.60 Å². The third kappa shape index (κ3) is 8.33. The summed E-state index contributed by atoms with van der Waals surface area (Å²) in [5, 5.41) is 2.88.